The average Bonchev–Trinajstić information content (AvgIpc) is 3.28. The SMILES string of the molecule is CN=C(NCc1sc(C)nc1C)NCC(c1cccs1)N1CCOCC1.I. The van der Waals surface area contributed by atoms with E-state index in [1.807, 2.05) is 25.3 Å². The minimum absolute atomic E-state index is 0. The Hall–Kier alpha value is -0.750. The van der Waals surface area contributed by atoms with Gasteiger partial charge in [0.1, 0.15) is 0 Å². The summed E-state index contributed by atoms with van der Waals surface area (Å²) in [7, 11) is 1.81. The van der Waals surface area contributed by atoms with Gasteiger partial charge in [0.15, 0.2) is 5.96 Å². The predicted octanol–water partition coefficient (Wildman–Crippen LogP) is 3.18. The highest BCUT2D eigenvalue weighted by molar-refractivity contribution is 14.0. The maximum Gasteiger partial charge on any atom is 0.191 e. The van der Waals surface area contributed by atoms with Gasteiger partial charge in [-0.25, -0.2) is 4.98 Å². The largest absolute Gasteiger partial charge is 0.379 e. The van der Waals surface area contributed by atoms with Crippen LogP contribution in [0, 0.1) is 13.8 Å². The number of hydrogen-bond donors (Lipinski definition) is 2. The molecule has 0 spiro atoms. The van der Waals surface area contributed by atoms with E-state index in [4.69, 9.17) is 4.74 Å². The molecule has 2 N–H and O–H groups in total. The van der Waals surface area contributed by atoms with Crippen molar-refractivity contribution in [2.75, 3.05) is 39.9 Å². The van der Waals surface area contributed by atoms with Crippen LogP contribution in [0.2, 0.25) is 0 Å². The summed E-state index contributed by atoms with van der Waals surface area (Å²) in [5, 5.41) is 10.2. The van der Waals surface area contributed by atoms with Crippen molar-refractivity contribution >= 4 is 52.6 Å². The highest BCUT2D eigenvalue weighted by atomic mass is 127. The third kappa shape index (κ3) is 6.38. The molecule has 0 amide bonds. The lowest BCUT2D eigenvalue weighted by Gasteiger charge is -2.34. The van der Waals surface area contributed by atoms with Crippen LogP contribution in [0.5, 0.6) is 0 Å². The van der Waals surface area contributed by atoms with Crippen molar-refractivity contribution in [3.8, 4) is 0 Å². The molecule has 1 saturated heterocycles. The van der Waals surface area contributed by atoms with Gasteiger partial charge in [-0.15, -0.1) is 46.7 Å². The summed E-state index contributed by atoms with van der Waals surface area (Å²) in [6, 6.07) is 4.67. The molecular formula is C18H28IN5OS2. The summed E-state index contributed by atoms with van der Waals surface area (Å²) in [6.45, 7) is 9.21. The number of aromatic nitrogens is 1. The zero-order chi connectivity index (χ0) is 18.4. The summed E-state index contributed by atoms with van der Waals surface area (Å²) < 4.78 is 5.52. The summed E-state index contributed by atoms with van der Waals surface area (Å²) in [5.74, 6) is 0.824. The van der Waals surface area contributed by atoms with E-state index in [-0.39, 0.29) is 24.0 Å². The molecule has 1 aliphatic rings. The number of thiophene rings is 1. The fraction of sp³-hybridized carbons (Fsp3) is 0.556. The Labute approximate surface area is 186 Å². The molecule has 1 unspecified atom stereocenters. The monoisotopic (exact) mass is 521 g/mol. The van der Waals surface area contributed by atoms with Crippen molar-refractivity contribution in [2.24, 2.45) is 4.99 Å². The highest BCUT2D eigenvalue weighted by Crippen LogP contribution is 2.25. The smallest absolute Gasteiger partial charge is 0.191 e. The van der Waals surface area contributed by atoms with Crippen molar-refractivity contribution in [2.45, 2.75) is 26.4 Å². The third-order valence-electron chi connectivity index (χ3n) is 4.46. The Morgan fingerprint density at radius 3 is 2.70 bits per heavy atom. The van der Waals surface area contributed by atoms with Gasteiger partial charge in [0.2, 0.25) is 0 Å². The van der Waals surface area contributed by atoms with Gasteiger partial charge in [0, 0.05) is 36.4 Å². The Bertz CT molecular complexity index is 713. The molecule has 3 heterocycles. The molecule has 2 aromatic rings. The second kappa shape index (κ2) is 11.3. The normalized spacial score (nSPS) is 16.6. The highest BCUT2D eigenvalue weighted by Gasteiger charge is 2.23. The first-order valence-corrected chi connectivity index (χ1v) is 10.6. The molecule has 0 bridgehead atoms. The van der Waals surface area contributed by atoms with Gasteiger partial charge in [-0.1, -0.05) is 6.07 Å². The molecule has 0 aromatic carbocycles. The van der Waals surface area contributed by atoms with Crippen molar-refractivity contribution in [3.63, 3.8) is 0 Å². The van der Waals surface area contributed by atoms with E-state index in [1.165, 1.54) is 9.75 Å². The van der Waals surface area contributed by atoms with Crippen LogP contribution < -0.4 is 10.6 Å². The van der Waals surface area contributed by atoms with Crippen LogP contribution in [0.4, 0.5) is 0 Å². The zero-order valence-electron chi connectivity index (χ0n) is 16.0. The Balaban J connectivity index is 0.00000261. The van der Waals surface area contributed by atoms with Crippen molar-refractivity contribution in [1.29, 1.82) is 0 Å². The summed E-state index contributed by atoms with van der Waals surface area (Å²) in [6.07, 6.45) is 0. The molecule has 3 rings (SSSR count). The molecule has 9 heteroatoms. The molecule has 0 saturated carbocycles. The lowest BCUT2D eigenvalue weighted by atomic mass is 10.2. The van der Waals surface area contributed by atoms with Crippen LogP contribution in [0.15, 0.2) is 22.5 Å². The van der Waals surface area contributed by atoms with Crippen LogP contribution in [-0.4, -0.2) is 55.7 Å². The van der Waals surface area contributed by atoms with Crippen LogP contribution in [0.25, 0.3) is 0 Å². The summed E-state index contributed by atoms with van der Waals surface area (Å²) in [5.41, 5.74) is 1.10. The number of guanidine groups is 1. The van der Waals surface area contributed by atoms with E-state index in [9.17, 15) is 0 Å². The number of halogens is 1. The van der Waals surface area contributed by atoms with Gasteiger partial charge in [-0.3, -0.25) is 9.89 Å². The molecule has 0 aliphatic carbocycles. The topological polar surface area (TPSA) is 61.8 Å². The van der Waals surface area contributed by atoms with Crippen LogP contribution in [0.1, 0.15) is 26.5 Å². The number of hydrogen-bond acceptors (Lipinski definition) is 6. The molecule has 2 aromatic heterocycles. The number of morpholine rings is 1. The maximum absolute atomic E-state index is 5.52. The zero-order valence-corrected chi connectivity index (χ0v) is 20.0. The molecule has 1 atom stereocenters. The predicted molar refractivity (Wildman–Crippen MR) is 125 cm³/mol. The lowest BCUT2D eigenvalue weighted by Crippen LogP contribution is -2.46. The molecule has 1 fully saturated rings. The number of aryl methyl sites for hydroxylation is 2. The fourth-order valence-corrected chi connectivity index (χ4v) is 4.83. The number of ether oxygens (including phenoxy) is 1. The molecule has 6 nitrogen and oxygen atoms in total. The fourth-order valence-electron chi connectivity index (χ4n) is 3.10. The Kier molecular flexibility index (Phi) is 9.43. The van der Waals surface area contributed by atoms with E-state index < -0.39 is 0 Å². The van der Waals surface area contributed by atoms with E-state index in [0.29, 0.717) is 6.04 Å². The number of nitrogens with zero attached hydrogens (tertiary/aromatic N) is 3. The average molecular weight is 521 g/mol. The molecule has 27 heavy (non-hydrogen) atoms. The Morgan fingerprint density at radius 2 is 2.11 bits per heavy atom. The standard InChI is InChI=1S/C18H27N5OS2.HI/c1-13-17(26-14(2)22-13)12-21-18(19-3)20-11-15(16-5-4-10-25-16)23-6-8-24-9-7-23;/h4-5,10,15H,6-9,11-12H2,1-3H3,(H2,19,20,21);1H. The van der Waals surface area contributed by atoms with Crippen LogP contribution >= 0.6 is 46.7 Å². The van der Waals surface area contributed by atoms with Gasteiger partial charge in [-0.2, -0.15) is 0 Å². The first-order valence-electron chi connectivity index (χ1n) is 8.90. The molecular weight excluding hydrogens is 493 g/mol. The Morgan fingerprint density at radius 1 is 1.33 bits per heavy atom. The maximum atomic E-state index is 5.52. The van der Waals surface area contributed by atoms with Crippen molar-refractivity contribution in [1.82, 2.24) is 20.5 Å². The number of rotatable bonds is 6. The van der Waals surface area contributed by atoms with Gasteiger partial charge in [-0.05, 0) is 25.3 Å². The molecule has 0 radical (unpaired) electrons. The second-order valence-electron chi connectivity index (χ2n) is 6.23. The number of nitrogens with one attached hydrogen (secondary N) is 2. The van der Waals surface area contributed by atoms with Gasteiger partial charge < -0.3 is 15.4 Å². The number of aliphatic imine (C=N–C) groups is 1. The summed E-state index contributed by atoms with van der Waals surface area (Å²) in [4.78, 5) is 14.0. The van der Waals surface area contributed by atoms with Crippen molar-refractivity contribution in [3.05, 3.63) is 38.0 Å². The van der Waals surface area contributed by atoms with Gasteiger partial charge in [0.25, 0.3) is 0 Å². The van der Waals surface area contributed by atoms with Crippen LogP contribution in [0.3, 0.4) is 0 Å². The van der Waals surface area contributed by atoms with Gasteiger partial charge in [0.05, 0.1) is 36.5 Å². The number of thiazole rings is 1. The molecule has 150 valence electrons. The van der Waals surface area contributed by atoms with Crippen LogP contribution in [-0.2, 0) is 11.3 Å². The quantitative estimate of drug-likeness (QED) is 0.348. The van der Waals surface area contributed by atoms with E-state index >= 15 is 0 Å². The first kappa shape index (κ1) is 22.5. The minimum Gasteiger partial charge on any atom is -0.379 e. The van der Waals surface area contributed by atoms with E-state index in [1.54, 1.807) is 11.3 Å². The lowest BCUT2D eigenvalue weighted by molar-refractivity contribution is 0.0177. The molecule has 1 aliphatic heterocycles. The van der Waals surface area contributed by atoms with E-state index in [2.05, 4.69) is 49.9 Å². The van der Waals surface area contributed by atoms with Crippen molar-refractivity contribution < 1.29 is 4.74 Å². The third-order valence-corrected chi connectivity index (χ3v) is 6.51. The van der Waals surface area contributed by atoms with E-state index in [0.717, 1.165) is 56.1 Å². The van der Waals surface area contributed by atoms with Gasteiger partial charge >= 0.3 is 0 Å². The minimum atomic E-state index is 0. The summed E-state index contributed by atoms with van der Waals surface area (Å²) >= 11 is 3.54. The second-order valence-corrected chi connectivity index (χ2v) is 8.49. The first-order chi connectivity index (χ1) is 12.7.